The Bertz CT molecular complexity index is 767. The maximum atomic E-state index is 9.39. The zero-order valence-electron chi connectivity index (χ0n) is 16.4. The Balaban J connectivity index is 1.34. The van der Waals surface area contributed by atoms with Crippen LogP contribution in [-0.4, -0.2) is 0 Å². The summed E-state index contributed by atoms with van der Waals surface area (Å²) in [5.41, 5.74) is 7.43. The van der Waals surface area contributed by atoms with Crippen LogP contribution in [0, 0.1) is 23.2 Å². The lowest BCUT2D eigenvalue weighted by Crippen LogP contribution is -2.30. The van der Waals surface area contributed by atoms with E-state index in [4.69, 9.17) is 0 Å². The summed E-state index contributed by atoms with van der Waals surface area (Å²) in [7, 11) is 0. The molecule has 0 spiro atoms. The Morgan fingerprint density at radius 1 is 1.15 bits per heavy atom. The van der Waals surface area contributed by atoms with Crippen LogP contribution in [-0.2, 0) is 11.8 Å². The van der Waals surface area contributed by atoms with Crippen LogP contribution in [0.1, 0.15) is 76.3 Å². The van der Waals surface area contributed by atoms with Crippen molar-refractivity contribution in [2.45, 2.75) is 77.0 Å². The Labute approximate surface area is 158 Å². The molecule has 0 radical (unpaired) electrons. The van der Waals surface area contributed by atoms with E-state index >= 15 is 0 Å². The quantitative estimate of drug-likeness (QED) is 0.566. The van der Waals surface area contributed by atoms with Crippen LogP contribution in [0.3, 0.4) is 0 Å². The van der Waals surface area contributed by atoms with Gasteiger partial charge >= 0.3 is 0 Å². The van der Waals surface area contributed by atoms with Gasteiger partial charge in [0, 0.05) is 5.92 Å². The van der Waals surface area contributed by atoms with Gasteiger partial charge in [-0.3, -0.25) is 0 Å². The molecule has 1 heteroatoms. The van der Waals surface area contributed by atoms with Crippen molar-refractivity contribution in [3.8, 4) is 6.07 Å². The summed E-state index contributed by atoms with van der Waals surface area (Å²) in [4.78, 5) is 0. The predicted octanol–water partition coefficient (Wildman–Crippen LogP) is 6.65. The minimum Gasteiger partial charge on any atom is -0.192 e. The first kappa shape index (κ1) is 17.6. The van der Waals surface area contributed by atoms with Crippen molar-refractivity contribution >= 4 is 0 Å². The number of benzene rings is 1. The van der Waals surface area contributed by atoms with E-state index in [0.717, 1.165) is 24.3 Å². The van der Waals surface area contributed by atoms with Gasteiger partial charge in [-0.2, -0.15) is 5.26 Å². The number of fused-ring (bicyclic) bond motifs is 1. The molecule has 0 aliphatic heterocycles. The first-order chi connectivity index (χ1) is 12.6. The lowest BCUT2D eigenvalue weighted by molar-refractivity contribution is 0.272. The van der Waals surface area contributed by atoms with E-state index < -0.39 is 0 Å². The minimum atomic E-state index is 0.453. The van der Waals surface area contributed by atoms with Crippen LogP contribution in [0.15, 0.2) is 47.1 Å². The zero-order chi connectivity index (χ0) is 18.1. The summed E-state index contributed by atoms with van der Waals surface area (Å²) in [5, 5.41) is 9.39. The molecule has 0 N–H and O–H groups in total. The van der Waals surface area contributed by atoms with Gasteiger partial charge in [-0.25, -0.2) is 0 Å². The van der Waals surface area contributed by atoms with Crippen molar-refractivity contribution in [3.05, 3.63) is 58.2 Å². The molecular weight excluding hydrogens is 314 g/mol. The number of nitriles is 1. The highest BCUT2D eigenvalue weighted by Gasteiger charge is 2.36. The molecule has 3 aliphatic carbocycles. The monoisotopic (exact) mass is 345 g/mol. The summed E-state index contributed by atoms with van der Waals surface area (Å²) < 4.78 is 0. The molecule has 0 amide bonds. The molecule has 136 valence electrons. The lowest BCUT2D eigenvalue weighted by atomic mass is 9.66. The molecule has 1 unspecified atom stereocenters. The molecule has 2 fully saturated rings. The predicted molar refractivity (Wildman–Crippen MR) is 108 cm³/mol. The Morgan fingerprint density at radius 3 is 2.54 bits per heavy atom. The Hall–Kier alpha value is -1.81. The third-order valence-corrected chi connectivity index (χ3v) is 7.23. The van der Waals surface area contributed by atoms with Crippen molar-refractivity contribution in [3.63, 3.8) is 0 Å². The molecule has 26 heavy (non-hydrogen) atoms. The van der Waals surface area contributed by atoms with Crippen molar-refractivity contribution in [1.29, 1.82) is 5.26 Å². The number of nitrogens with zero attached hydrogens (tertiary/aromatic N) is 1. The molecular formula is C25H31N. The summed E-state index contributed by atoms with van der Waals surface area (Å²) in [5.74, 6) is 1.39. The van der Waals surface area contributed by atoms with E-state index in [2.05, 4.69) is 50.3 Å². The van der Waals surface area contributed by atoms with E-state index in [1.165, 1.54) is 61.6 Å². The maximum Gasteiger partial charge on any atom is 0.0991 e. The molecule has 1 aromatic rings. The second-order valence-electron chi connectivity index (χ2n) is 9.03. The van der Waals surface area contributed by atoms with Gasteiger partial charge in [0.1, 0.15) is 0 Å². The summed E-state index contributed by atoms with van der Waals surface area (Å²) in [6, 6.07) is 11.9. The largest absolute Gasteiger partial charge is 0.192 e. The number of hydrogen-bond donors (Lipinski definition) is 0. The van der Waals surface area contributed by atoms with Crippen LogP contribution in [0.5, 0.6) is 0 Å². The standard InChI is InChI=1S/C25H31N/c1-3-5-23-21(17-26)16-20-14-19(15-24(20)23)7-6-18-8-10-22(11-9-18)25(2)12-4-13-25/h8-11,16,19,24H,3-7,12-15H2,1-2H3/t19-,24?/m0/s1. The van der Waals surface area contributed by atoms with E-state index in [0.29, 0.717) is 11.3 Å². The molecule has 0 aromatic heterocycles. The van der Waals surface area contributed by atoms with Crippen molar-refractivity contribution in [2.24, 2.45) is 11.8 Å². The van der Waals surface area contributed by atoms with Gasteiger partial charge in [-0.1, -0.05) is 56.5 Å². The molecule has 1 aromatic carbocycles. The van der Waals surface area contributed by atoms with Crippen LogP contribution < -0.4 is 0 Å². The second kappa shape index (κ2) is 7.07. The maximum absolute atomic E-state index is 9.39. The third kappa shape index (κ3) is 3.16. The van der Waals surface area contributed by atoms with Gasteiger partial charge in [0.05, 0.1) is 11.6 Å². The lowest BCUT2D eigenvalue weighted by Gasteiger charge is -2.39. The molecule has 2 atom stereocenters. The summed E-state index contributed by atoms with van der Waals surface area (Å²) >= 11 is 0. The average molecular weight is 346 g/mol. The fourth-order valence-electron chi connectivity index (χ4n) is 5.38. The average Bonchev–Trinajstić information content (AvgIpc) is 3.17. The molecule has 0 saturated heterocycles. The fourth-order valence-corrected chi connectivity index (χ4v) is 5.38. The summed E-state index contributed by atoms with van der Waals surface area (Å²) in [6.45, 7) is 4.63. The highest BCUT2D eigenvalue weighted by Crippen LogP contribution is 2.48. The van der Waals surface area contributed by atoms with Gasteiger partial charge in [0.2, 0.25) is 0 Å². The smallest absolute Gasteiger partial charge is 0.0991 e. The Kier molecular flexibility index (Phi) is 4.78. The van der Waals surface area contributed by atoms with Gasteiger partial charge < -0.3 is 0 Å². The Morgan fingerprint density at radius 2 is 1.92 bits per heavy atom. The number of aryl methyl sites for hydroxylation is 1. The topological polar surface area (TPSA) is 23.8 Å². The fraction of sp³-hybridized carbons (Fsp3) is 0.560. The van der Waals surface area contributed by atoms with Gasteiger partial charge in [0.15, 0.2) is 0 Å². The van der Waals surface area contributed by atoms with Gasteiger partial charge in [-0.15, -0.1) is 0 Å². The molecule has 0 bridgehead atoms. The molecule has 2 saturated carbocycles. The number of allylic oxidation sites excluding steroid dienone is 4. The third-order valence-electron chi connectivity index (χ3n) is 7.23. The number of rotatable bonds is 6. The van der Waals surface area contributed by atoms with Crippen molar-refractivity contribution < 1.29 is 0 Å². The van der Waals surface area contributed by atoms with Crippen LogP contribution in [0.2, 0.25) is 0 Å². The highest BCUT2D eigenvalue weighted by atomic mass is 14.4. The van der Waals surface area contributed by atoms with Crippen molar-refractivity contribution in [1.82, 2.24) is 0 Å². The van der Waals surface area contributed by atoms with Crippen molar-refractivity contribution in [2.75, 3.05) is 0 Å². The molecule has 3 aliphatic rings. The van der Waals surface area contributed by atoms with Crippen LogP contribution in [0.4, 0.5) is 0 Å². The SMILES string of the molecule is CCCC1=C(C#N)C=C2C[C@H](CCc3ccc(C4(C)CCC4)cc3)CC21. The highest BCUT2D eigenvalue weighted by molar-refractivity contribution is 5.51. The summed E-state index contributed by atoms with van der Waals surface area (Å²) in [6.07, 6.45) is 13.5. The van der Waals surface area contributed by atoms with E-state index in [1.54, 1.807) is 5.57 Å². The van der Waals surface area contributed by atoms with Gasteiger partial charge in [0.25, 0.3) is 0 Å². The minimum absolute atomic E-state index is 0.453. The number of hydrogen-bond acceptors (Lipinski definition) is 1. The first-order valence-corrected chi connectivity index (χ1v) is 10.6. The normalized spacial score (nSPS) is 26.3. The van der Waals surface area contributed by atoms with Gasteiger partial charge in [-0.05, 0) is 79.1 Å². The first-order valence-electron chi connectivity index (χ1n) is 10.6. The molecule has 4 rings (SSSR count). The van der Waals surface area contributed by atoms with Crippen LogP contribution >= 0.6 is 0 Å². The molecule has 1 nitrogen and oxygen atoms in total. The zero-order valence-corrected chi connectivity index (χ0v) is 16.4. The van der Waals surface area contributed by atoms with E-state index in [9.17, 15) is 5.26 Å². The van der Waals surface area contributed by atoms with Crippen LogP contribution in [0.25, 0.3) is 0 Å². The second-order valence-corrected chi connectivity index (χ2v) is 9.03. The molecule has 0 heterocycles. The van der Waals surface area contributed by atoms with E-state index in [-0.39, 0.29) is 0 Å². The van der Waals surface area contributed by atoms with E-state index in [1.807, 2.05) is 0 Å².